The first kappa shape index (κ1) is 12.9. The SMILES string of the molecule is N#Cc1c(-c2ccccc2)nn(-c2ccc(F)cc2)c1N. The Labute approximate surface area is 120 Å². The number of benzene rings is 2. The topological polar surface area (TPSA) is 67.6 Å². The normalized spacial score (nSPS) is 10.3. The van der Waals surface area contributed by atoms with Gasteiger partial charge in [0.05, 0.1) is 5.69 Å². The van der Waals surface area contributed by atoms with E-state index in [0.29, 0.717) is 16.9 Å². The van der Waals surface area contributed by atoms with Gasteiger partial charge < -0.3 is 5.73 Å². The molecule has 4 nitrogen and oxygen atoms in total. The van der Waals surface area contributed by atoms with E-state index in [0.717, 1.165) is 5.56 Å². The first-order valence-electron chi connectivity index (χ1n) is 6.30. The molecule has 0 saturated heterocycles. The fourth-order valence-electron chi connectivity index (χ4n) is 2.12. The van der Waals surface area contributed by atoms with Gasteiger partial charge in [0.25, 0.3) is 0 Å². The Kier molecular flexibility index (Phi) is 3.13. The van der Waals surface area contributed by atoms with Crippen molar-refractivity contribution >= 4 is 5.82 Å². The second kappa shape index (κ2) is 5.10. The number of rotatable bonds is 2. The lowest BCUT2D eigenvalue weighted by atomic mass is 10.1. The van der Waals surface area contributed by atoms with Crippen molar-refractivity contribution in [3.05, 3.63) is 66.0 Å². The van der Waals surface area contributed by atoms with Crippen LogP contribution in [0.4, 0.5) is 10.2 Å². The largest absolute Gasteiger partial charge is 0.382 e. The van der Waals surface area contributed by atoms with Crippen LogP contribution in [-0.4, -0.2) is 9.78 Å². The number of hydrogen-bond donors (Lipinski definition) is 1. The molecule has 0 amide bonds. The molecule has 1 aromatic heterocycles. The second-order valence-corrected chi connectivity index (χ2v) is 4.47. The van der Waals surface area contributed by atoms with Gasteiger partial charge in [-0.25, -0.2) is 9.07 Å². The highest BCUT2D eigenvalue weighted by Crippen LogP contribution is 2.28. The van der Waals surface area contributed by atoms with E-state index in [1.54, 1.807) is 12.1 Å². The summed E-state index contributed by atoms with van der Waals surface area (Å²) in [4.78, 5) is 0. The number of hydrogen-bond acceptors (Lipinski definition) is 3. The van der Waals surface area contributed by atoms with Crippen LogP contribution in [0.3, 0.4) is 0 Å². The van der Waals surface area contributed by atoms with Crippen LogP contribution in [0, 0.1) is 17.1 Å². The first-order valence-corrected chi connectivity index (χ1v) is 6.30. The third-order valence-corrected chi connectivity index (χ3v) is 3.15. The second-order valence-electron chi connectivity index (χ2n) is 4.47. The van der Waals surface area contributed by atoms with E-state index >= 15 is 0 Å². The van der Waals surface area contributed by atoms with Crippen LogP contribution < -0.4 is 5.73 Å². The van der Waals surface area contributed by atoms with Crippen molar-refractivity contribution in [1.29, 1.82) is 5.26 Å². The molecule has 21 heavy (non-hydrogen) atoms. The zero-order chi connectivity index (χ0) is 14.8. The van der Waals surface area contributed by atoms with Gasteiger partial charge in [0.15, 0.2) is 0 Å². The number of anilines is 1. The van der Waals surface area contributed by atoms with Crippen molar-refractivity contribution in [2.45, 2.75) is 0 Å². The maximum absolute atomic E-state index is 13.0. The van der Waals surface area contributed by atoms with Gasteiger partial charge in [0.2, 0.25) is 0 Å². The molecule has 0 radical (unpaired) electrons. The van der Waals surface area contributed by atoms with Crippen molar-refractivity contribution in [1.82, 2.24) is 9.78 Å². The summed E-state index contributed by atoms with van der Waals surface area (Å²) in [5.41, 5.74) is 8.24. The number of halogens is 1. The Morgan fingerprint density at radius 1 is 1.05 bits per heavy atom. The van der Waals surface area contributed by atoms with Crippen LogP contribution in [0.15, 0.2) is 54.6 Å². The fourth-order valence-corrected chi connectivity index (χ4v) is 2.12. The third-order valence-electron chi connectivity index (χ3n) is 3.15. The summed E-state index contributed by atoms with van der Waals surface area (Å²) >= 11 is 0. The zero-order valence-corrected chi connectivity index (χ0v) is 11.0. The van der Waals surface area contributed by atoms with Crippen molar-refractivity contribution in [3.8, 4) is 23.0 Å². The minimum Gasteiger partial charge on any atom is -0.382 e. The van der Waals surface area contributed by atoms with E-state index in [9.17, 15) is 9.65 Å². The molecule has 0 saturated carbocycles. The van der Waals surface area contributed by atoms with E-state index in [4.69, 9.17) is 5.73 Å². The number of nitrogen functional groups attached to an aromatic ring is 1. The van der Waals surface area contributed by atoms with Gasteiger partial charge >= 0.3 is 0 Å². The summed E-state index contributed by atoms with van der Waals surface area (Å²) in [7, 11) is 0. The zero-order valence-electron chi connectivity index (χ0n) is 11.0. The number of nitriles is 1. The molecule has 2 aromatic carbocycles. The van der Waals surface area contributed by atoms with Crippen molar-refractivity contribution in [3.63, 3.8) is 0 Å². The predicted octanol–water partition coefficient (Wildman–Crippen LogP) is 3.13. The Hall–Kier alpha value is -3.13. The molecule has 0 aliphatic heterocycles. The highest BCUT2D eigenvalue weighted by Gasteiger charge is 2.17. The highest BCUT2D eigenvalue weighted by atomic mass is 19.1. The molecule has 0 unspecified atom stereocenters. The van der Waals surface area contributed by atoms with Crippen LogP contribution in [-0.2, 0) is 0 Å². The van der Waals surface area contributed by atoms with Gasteiger partial charge in [-0.1, -0.05) is 30.3 Å². The Morgan fingerprint density at radius 2 is 1.71 bits per heavy atom. The molecule has 0 spiro atoms. The van der Waals surface area contributed by atoms with Crippen LogP contribution in [0.2, 0.25) is 0 Å². The van der Waals surface area contributed by atoms with E-state index in [1.807, 2.05) is 30.3 Å². The molecule has 1 heterocycles. The minimum atomic E-state index is -0.340. The lowest BCUT2D eigenvalue weighted by Gasteiger charge is -2.03. The molecule has 102 valence electrons. The van der Waals surface area contributed by atoms with Crippen LogP contribution in [0.1, 0.15) is 5.56 Å². The molecule has 3 rings (SSSR count). The average Bonchev–Trinajstić information content (AvgIpc) is 2.86. The Bertz CT molecular complexity index is 814. The summed E-state index contributed by atoms with van der Waals surface area (Å²) in [6, 6.07) is 17.2. The van der Waals surface area contributed by atoms with Gasteiger partial charge in [0.1, 0.15) is 29.0 Å². The average molecular weight is 278 g/mol. The molecule has 0 aliphatic carbocycles. The lowest BCUT2D eigenvalue weighted by molar-refractivity contribution is 0.627. The van der Waals surface area contributed by atoms with Crippen LogP contribution in [0.25, 0.3) is 16.9 Å². The predicted molar refractivity (Wildman–Crippen MR) is 78.1 cm³/mol. The van der Waals surface area contributed by atoms with Crippen LogP contribution in [0.5, 0.6) is 0 Å². The smallest absolute Gasteiger partial charge is 0.145 e. The maximum Gasteiger partial charge on any atom is 0.145 e. The fraction of sp³-hybridized carbons (Fsp3) is 0. The van der Waals surface area contributed by atoms with Crippen molar-refractivity contribution in [2.24, 2.45) is 0 Å². The molecule has 3 aromatic rings. The van der Waals surface area contributed by atoms with Crippen molar-refractivity contribution in [2.75, 3.05) is 5.73 Å². The molecule has 0 aliphatic rings. The summed E-state index contributed by atoms with van der Waals surface area (Å²) < 4.78 is 14.5. The first-order chi connectivity index (χ1) is 10.2. The van der Waals surface area contributed by atoms with E-state index < -0.39 is 0 Å². The summed E-state index contributed by atoms with van der Waals surface area (Å²) in [6.07, 6.45) is 0. The van der Waals surface area contributed by atoms with Gasteiger partial charge in [-0.2, -0.15) is 10.4 Å². The standard InChI is InChI=1S/C16H11FN4/c17-12-6-8-13(9-7-12)21-16(19)14(10-18)15(20-21)11-4-2-1-3-5-11/h1-9H,19H2. The molecular formula is C16H11FN4. The minimum absolute atomic E-state index is 0.239. The lowest BCUT2D eigenvalue weighted by Crippen LogP contribution is -2.02. The summed E-state index contributed by atoms with van der Waals surface area (Å²) in [6.45, 7) is 0. The molecule has 5 heteroatoms. The van der Waals surface area contributed by atoms with Gasteiger partial charge in [-0.15, -0.1) is 0 Å². The highest BCUT2D eigenvalue weighted by molar-refractivity contribution is 5.73. The van der Waals surface area contributed by atoms with Gasteiger partial charge in [0, 0.05) is 5.56 Å². The van der Waals surface area contributed by atoms with Gasteiger partial charge in [-0.05, 0) is 24.3 Å². The monoisotopic (exact) mass is 278 g/mol. The van der Waals surface area contributed by atoms with Crippen molar-refractivity contribution < 1.29 is 4.39 Å². The quantitative estimate of drug-likeness (QED) is 0.783. The number of aromatic nitrogens is 2. The molecule has 2 N–H and O–H groups in total. The number of nitrogens with zero attached hydrogens (tertiary/aromatic N) is 3. The van der Waals surface area contributed by atoms with Gasteiger partial charge in [-0.3, -0.25) is 0 Å². The molecule has 0 bridgehead atoms. The van der Waals surface area contributed by atoms with E-state index in [1.165, 1.54) is 16.8 Å². The maximum atomic E-state index is 13.0. The number of nitrogens with two attached hydrogens (primary N) is 1. The Balaban J connectivity index is 2.19. The van der Waals surface area contributed by atoms with E-state index in [2.05, 4.69) is 11.2 Å². The Morgan fingerprint density at radius 3 is 2.33 bits per heavy atom. The summed E-state index contributed by atoms with van der Waals surface area (Å²) in [5, 5.41) is 13.7. The van der Waals surface area contributed by atoms with E-state index in [-0.39, 0.29) is 11.6 Å². The summed E-state index contributed by atoms with van der Waals surface area (Å²) in [5.74, 6) is -0.101. The molecule has 0 atom stereocenters. The molecule has 0 fully saturated rings. The van der Waals surface area contributed by atoms with Crippen LogP contribution >= 0.6 is 0 Å². The third kappa shape index (κ3) is 2.23. The molecular weight excluding hydrogens is 267 g/mol.